The first kappa shape index (κ1) is 15.8. The van der Waals surface area contributed by atoms with Crippen molar-refractivity contribution >= 4 is 0 Å². The average molecular weight is 282 g/mol. The molecule has 2 rings (SSSR count). The highest BCUT2D eigenvalue weighted by Crippen LogP contribution is 2.29. The van der Waals surface area contributed by atoms with Crippen LogP contribution >= 0.6 is 0 Å². The van der Waals surface area contributed by atoms with Crippen LogP contribution in [0, 0.1) is 0 Å². The quantitative estimate of drug-likeness (QED) is 0.798. The normalized spacial score (nSPS) is 12.9. The van der Waals surface area contributed by atoms with Crippen LogP contribution in [0.5, 0.6) is 0 Å². The zero-order chi connectivity index (χ0) is 15.4. The van der Waals surface area contributed by atoms with E-state index in [1.807, 2.05) is 12.1 Å². The number of benzene rings is 2. The molecule has 0 heterocycles. The van der Waals surface area contributed by atoms with Crippen molar-refractivity contribution in [3.8, 4) is 0 Å². The van der Waals surface area contributed by atoms with Gasteiger partial charge < -0.3 is 5.11 Å². The van der Waals surface area contributed by atoms with Gasteiger partial charge in [-0.15, -0.1) is 0 Å². The molecule has 1 heteroatoms. The maximum absolute atomic E-state index is 10.7. The van der Waals surface area contributed by atoms with E-state index in [-0.39, 0.29) is 0 Å². The topological polar surface area (TPSA) is 20.2 Å². The van der Waals surface area contributed by atoms with E-state index in [1.54, 1.807) is 0 Å². The van der Waals surface area contributed by atoms with Gasteiger partial charge in [0, 0.05) is 6.42 Å². The molecule has 112 valence electrons. The Balaban J connectivity index is 2.29. The second-order valence-corrected chi connectivity index (χ2v) is 6.36. The molecule has 0 aliphatic carbocycles. The molecule has 1 N–H and O–H groups in total. The number of rotatable bonds is 5. The summed E-state index contributed by atoms with van der Waals surface area (Å²) in [5, 5.41) is 10.7. The van der Waals surface area contributed by atoms with Gasteiger partial charge in [0.25, 0.3) is 0 Å². The molecule has 1 nitrogen and oxygen atoms in total. The lowest BCUT2D eigenvalue weighted by Crippen LogP contribution is -2.08. The Hall–Kier alpha value is -1.60. The first-order chi connectivity index (χ1) is 10.0. The monoisotopic (exact) mass is 282 g/mol. The van der Waals surface area contributed by atoms with E-state index in [1.165, 1.54) is 16.7 Å². The van der Waals surface area contributed by atoms with Crippen LogP contribution in [0.2, 0.25) is 0 Å². The van der Waals surface area contributed by atoms with Crippen LogP contribution in [-0.4, -0.2) is 5.11 Å². The number of hydrogen-bond acceptors (Lipinski definition) is 1. The largest absolute Gasteiger partial charge is 0.388 e. The maximum atomic E-state index is 10.7. The summed E-state index contributed by atoms with van der Waals surface area (Å²) in [7, 11) is 0. The maximum Gasteiger partial charge on any atom is 0.0833 e. The molecule has 0 aliphatic rings. The predicted molar refractivity (Wildman–Crippen MR) is 89.7 cm³/mol. The van der Waals surface area contributed by atoms with Gasteiger partial charge in [-0.25, -0.2) is 0 Å². The molecular formula is C20H26O. The van der Waals surface area contributed by atoms with Crippen LogP contribution in [-0.2, 0) is 6.42 Å². The van der Waals surface area contributed by atoms with Crippen molar-refractivity contribution in [2.75, 3.05) is 0 Å². The van der Waals surface area contributed by atoms with Crippen LogP contribution in [0.1, 0.15) is 67.9 Å². The van der Waals surface area contributed by atoms with Gasteiger partial charge in [-0.3, -0.25) is 0 Å². The van der Waals surface area contributed by atoms with E-state index in [0.29, 0.717) is 18.3 Å². The van der Waals surface area contributed by atoms with Crippen molar-refractivity contribution < 1.29 is 5.11 Å². The molecule has 21 heavy (non-hydrogen) atoms. The summed E-state index contributed by atoms with van der Waals surface area (Å²) >= 11 is 0. The third kappa shape index (κ3) is 3.74. The second kappa shape index (κ2) is 6.91. The van der Waals surface area contributed by atoms with Crippen molar-refractivity contribution in [1.82, 2.24) is 0 Å². The number of hydrogen-bond donors (Lipinski definition) is 1. The van der Waals surface area contributed by atoms with E-state index in [0.717, 1.165) is 5.56 Å². The Kier molecular flexibility index (Phi) is 5.19. The number of aliphatic hydroxyl groups excluding tert-OH is 1. The summed E-state index contributed by atoms with van der Waals surface area (Å²) in [4.78, 5) is 0. The lowest BCUT2D eigenvalue weighted by Gasteiger charge is -2.20. The molecule has 0 spiro atoms. The Bertz CT molecular complexity index is 584. The van der Waals surface area contributed by atoms with E-state index in [9.17, 15) is 5.11 Å². The second-order valence-electron chi connectivity index (χ2n) is 6.36. The lowest BCUT2D eigenvalue weighted by atomic mass is 9.88. The van der Waals surface area contributed by atoms with E-state index >= 15 is 0 Å². The summed E-state index contributed by atoms with van der Waals surface area (Å²) in [6.07, 6.45) is 0.237. The average Bonchev–Trinajstić information content (AvgIpc) is 2.47. The minimum atomic E-state index is -0.441. The smallest absolute Gasteiger partial charge is 0.0833 e. The fourth-order valence-electron chi connectivity index (χ4n) is 2.94. The Labute approximate surface area is 128 Å². The van der Waals surface area contributed by atoms with Crippen molar-refractivity contribution in [1.29, 1.82) is 0 Å². The SMILES string of the molecule is CC(C)c1ccccc1CC(O)c1ccccc1C(C)C. The van der Waals surface area contributed by atoms with Crippen LogP contribution in [0.4, 0.5) is 0 Å². The molecule has 0 aromatic heterocycles. The van der Waals surface area contributed by atoms with Crippen molar-refractivity contribution in [3.63, 3.8) is 0 Å². The lowest BCUT2D eigenvalue weighted by molar-refractivity contribution is 0.176. The van der Waals surface area contributed by atoms with Gasteiger partial charge in [-0.2, -0.15) is 0 Å². The number of aliphatic hydroxyl groups is 1. The molecular weight excluding hydrogens is 256 g/mol. The molecule has 0 amide bonds. The van der Waals surface area contributed by atoms with Crippen molar-refractivity contribution in [3.05, 3.63) is 70.8 Å². The van der Waals surface area contributed by atoms with Crippen LogP contribution in [0.3, 0.4) is 0 Å². The Morgan fingerprint density at radius 3 is 1.76 bits per heavy atom. The summed E-state index contributed by atoms with van der Waals surface area (Å²) in [6, 6.07) is 16.7. The highest BCUT2D eigenvalue weighted by atomic mass is 16.3. The third-order valence-corrected chi connectivity index (χ3v) is 4.07. The van der Waals surface area contributed by atoms with Gasteiger partial charge in [-0.1, -0.05) is 76.2 Å². The molecule has 0 saturated carbocycles. The van der Waals surface area contributed by atoms with Crippen molar-refractivity contribution in [2.24, 2.45) is 0 Å². The fourth-order valence-corrected chi connectivity index (χ4v) is 2.94. The summed E-state index contributed by atoms with van der Waals surface area (Å²) in [6.45, 7) is 8.75. The van der Waals surface area contributed by atoms with Gasteiger partial charge in [0.1, 0.15) is 0 Å². The molecule has 2 aromatic carbocycles. The molecule has 0 saturated heterocycles. The molecule has 2 aromatic rings. The van der Waals surface area contributed by atoms with Crippen molar-refractivity contribution in [2.45, 2.75) is 52.1 Å². The highest BCUT2D eigenvalue weighted by molar-refractivity contribution is 5.35. The fraction of sp³-hybridized carbons (Fsp3) is 0.400. The standard InChI is InChI=1S/C20H26O/c1-14(2)17-10-6-5-9-16(17)13-20(21)19-12-8-7-11-18(19)15(3)4/h5-12,14-15,20-21H,13H2,1-4H3. The zero-order valence-electron chi connectivity index (χ0n) is 13.5. The minimum absolute atomic E-state index is 0.427. The van der Waals surface area contributed by atoms with Crippen LogP contribution in [0.15, 0.2) is 48.5 Å². The first-order valence-corrected chi connectivity index (χ1v) is 7.85. The van der Waals surface area contributed by atoms with Crippen LogP contribution < -0.4 is 0 Å². The third-order valence-electron chi connectivity index (χ3n) is 4.07. The molecule has 0 fully saturated rings. The molecule has 0 aliphatic heterocycles. The summed E-state index contributed by atoms with van der Waals surface area (Å²) < 4.78 is 0. The molecule has 0 bridgehead atoms. The summed E-state index contributed by atoms with van der Waals surface area (Å²) in [5.74, 6) is 0.907. The van der Waals surface area contributed by atoms with Crippen LogP contribution in [0.25, 0.3) is 0 Å². The summed E-state index contributed by atoms with van der Waals surface area (Å²) in [5.41, 5.74) is 4.88. The van der Waals surface area contributed by atoms with Gasteiger partial charge >= 0.3 is 0 Å². The Morgan fingerprint density at radius 1 is 0.714 bits per heavy atom. The zero-order valence-corrected chi connectivity index (χ0v) is 13.5. The molecule has 1 unspecified atom stereocenters. The first-order valence-electron chi connectivity index (χ1n) is 7.85. The van der Waals surface area contributed by atoms with Gasteiger partial charge in [0.15, 0.2) is 0 Å². The molecule has 0 radical (unpaired) electrons. The highest BCUT2D eigenvalue weighted by Gasteiger charge is 2.16. The van der Waals surface area contributed by atoms with E-state index in [2.05, 4.69) is 64.1 Å². The van der Waals surface area contributed by atoms with E-state index in [4.69, 9.17) is 0 Å². The van der Waals surface area contributed by atoms with Gasteiger partial charge in [0.2, 0.25) is 0 Å². The van der Waals surface area contributed by atoms with E-state index < -0.39 is 6.10 Å². The molecule has 1 atom stereocenters. The minimum Gasteiger partial charge on any atom is -0.388 e. The predicted octanol–water partition coefficient (Wildman–Crippen LogP) is 5.21. The van der Waals surface area contributed by atoms with Gasteiger partial charge in [-0.05, 0) is 34.1 Å². The van der Waals surface area contributed by atoms with Gasteiger partial charge in [0.05, 0.1) is 6.10 Å². The Morgan fingerprint density at radius 2 is 1.19 bits per heavy atom.